The minimum absolute atomic E-state index is 0.0904. The molecule has 0 bridgehead atoms. The van der Waals surface area contributed by atoms with Gasteiger partial charge in [-0.25, -0.2) is 18.1 Å². The fraction of sp³-hybridized carbons (Fsp3) is 0.524. The number of benzene rings is 1. The minimum Gasteiger partial charge on any atom is -0.342 e. The zero-order valence-corrected chi connectivity index (χ0v) is 19.9. The number of hydrogen-bond donors (Lipinski definition) is 2. The number of aromatic amines is 1. The van der Waals surface area contributed by atoms with Crippen LogP contribution in [0.15, 0.2) is 28.3 Å². The van der Waals surface area contributed by atoms with E-state index >= 15 is 0 Å². The first-order chi connectivity index (χ1) is 15.4. The number of fused-ring (bicyclic) bond motifs is 3. The van der Waals surface area contributed by atoms with Crippen LogP contribution in [-0.2, 0) is 14.8 Å². The predicted molar refractivity (Wildman–Crippen MR) is 125 cm³/mol. The van der Waals surface area contributed by atoms with E-state index in [1.54, 1.807) is 18.2 Å². The number of carbonyl (C=O) groups is 1. The SMILES string of the molecule is CCCCNS(=O)(=O)c1ccc2[nH]c3nc(SCC(=O)N4CCC(C)CC4)nnc3c2c1. The van der Waals surface area contributed by atoms with Crippen LogP contribution in [0.2, 0.25) is 0 Å². The van der Waals surface area contributed by atoms with Gasteiger partial charge in [-0.2, -0.15) is 0 Å². The molecule has 32 heavy (non-hydrogen) atoms. The number of sulfonamides is 1. The largest absolute Gasteiger partial charge is 0.342 e. The third-order valence-corrected chi connectivity index (χ3v) is 8.04. The van der Waals surface area contributed by atoms with Crippen molar-refractivity contribution in [3.05, 3.63) is 18.2 Å². The Hall–Kier alpha value is -2.24. The molecular formula is C21H28N6O3S2. The lowest BCUT2D eigenvalue weighted by molar-refractivity contribution is -0.129. The molecule has 0 radical (unpaired) electrons. The maximum atomic E-state index is 12.5. The number of nitrogens with one attached hydrogen (secondary N) is 2. The highest BCUT2D eigenvalue weighted by Gasteiger charge is 2.21. The lowest BCUT2D eigenvalue weighted by Gasteiger charge is -2.30. The number of rotatable bonds is 8. The van der Waals surface area contributed by atoms with Gasteiger partial charge in [0.2, 0.25) is 21.1 Å². The molecule has 1 fully saturated rings. The highest BCUT2D eigenvalue weighted by Crippen LogP contribution is 2.26. The zero-order chi connectivity index (χ0) is 22.7. The molecule has 1 aromatic carbocycles. The van der Waals surface area contributed by atoms with Crippen molar-refractivity contribution >= 4 is 49.8 Å². The quantitative estimate of drug-likeness (QED) is 0.379. The standard InChI is InChI=1S/C21H28N6O3S2/c1-3-4-9-22-32(29,30)15-5-6-17-16(12-15)19-20(23-17)24-21(26-25-19)31-13-18(28)27-10-7-14(2)8-11-27/h5-6,12,14,22H,3-4,7-11,13H2,1-2H3,(H,23,24,26). The summed E-state index contributed by atoms with van der Waals surface area (Å²) in [6.07, 6.45) is 3.78. The van der Waals surface area contributed by atoms with E-state index in [2.05, 4.69) is 31.8 Å². The van der Waals surface area contributed by atoms with Crippen molar-refractivity contribution in [1.29, 1.82) is 0 Å². The number of likely N-dealkylation sites (tertiary alicyclic amines) is 1. The van der Waals surface area contributed by atoms with Crippen molar-refractivity contribution in [1.82, 2.24) is 29.8 Å². The van der Waals surface area contributed by atoms with E-state index in [9.17, 15) is 13.2 Å². The van der Waals surface area contributed by atoms with Gasteiger partial charge >= 0.3 is 0 Å². The van der Waals surface area contributed by atoms with Crippen LogP contribution in [0, 0.1) is 5.92 Å². The van der Waals surface area contributed by atoms with Crippen molar-refractivity contribution < 1.29 is 13.2 Å². The highest BCUT2D eigenvalue weighted by atomic mass is 32.2. The van der Waals surface area contributed by atoms with Gasteiger partial charge in [0, 0.05) is 30.5 Å². The maximum Gasteiger partial charge on any atom is 0.240 e. The van der Waals surface area contributed by atoms with Gasteiger partial charge in [-0.1, -0.05) is 32.0 Å². The first-order valence-corrected chi connectivity index (χ1v) is 13.4. The number of nitrogens with zero attached hydrogens (tertiary/aromatic N) is 4. The molecule has 9 nitrogen and oxygen atoms in total. The Morgan fingerprint density at radius 1 is 1.28 bits per heavy atom. The summed E-state index contributed by atoms with van der Waals surface area (Å²) in [5.41, 5.74) is 1.76. The molecule has 0 unspecified atom stereocenters. The molecular weight excluding hydrogens is 448 g/mol. The third kappa shape index (κ3) is 5.05. The van der Waals surface area contributed by atoms with Crippen LogP contribution in [-0.4, -0.2) is 64.8 Å². The average molecular weight is 477 g/mol. The molecule has 3 heterocycles. The summed E-state index contributed by atoms with van der Waals surface area (Å²) in [5.74, 6) is 1.03. The molecule has 1 aliphatic heterocycles. The van der Waals surface area contributed by atoms with Crippen LogP contribution in [0.4, 0.5) is 0 Å². The second-order valence-electron chi connectivity index (χ2n) is 8.23. The fourth-order valence-electron chi connectivity index (χ4n) is 3.71. The van der Waals surface area contributed by atoms with E-state index < -0.39 is 10.0 Å². The summed E-state index contributed by atoms with van der Waals surface area (Å²) in [6, 6.07) is 4.86. The molecule has 172 valence electrons. The van der Waals surface area contributed by atoms with Gasteiger partial charge in [0.1, 0.15) is 5.52 Å². The van der Waals surface area contributed by atoms with Gasteiger partial charge in [-0.15, -0.1) is 10.2 Å². The van der Waals surface area contributed by atoms with Crippen molar-refractivity contribution in [2.45, 2.75) is 49.6 Å². The molecule has 3 aromatic rings. The van der Waals surface area contributed by atoms with Crippen LogP contribution >= 0.6 is 11.8 Å². The van der Waals surface area contributed by atoms with E-state index in [0.29, 0.717) is 34.2 Å². The summed E-state index contributed by atoms with van der Waals surface area (Å²) in [5, 5.41) is 9.48. The second kappa shape index (κ2) is 9.72. The van der Waals surface area contributed by atoms with Gasteiger partial charge in [-0.05, 0) is 43.4 Å². The molecule has 0 aliphatic carbocycles. The summed E-state index contributed by atoms with van der Waals surface area (Å²) in [4.78, 5) is 22.2. The van der Waals surface area contributed by atoms with Crippen molar-refractivity contribution in [2.75, 3.05) is 25.4 Å². The molecule has 2 aromatic heterocycles. The number of amides is 1. The van der Waals surface area contributed by atoms with E-state index in [-0.39, 0.29) is 16.6 Å². The van der Waals surface area contributed by atoms with E-state index in [1.807, 2.05) is 11.8 Å². The average Bonchev–Trinajstić information content (AvgIpc) is 3.15. The van der Waals surface area contributed by atoms with Crippen molar-refractivity contribution in [3.63, 3.8) is 0 Å². The first-order valence-electron chi connectivity index (χ1n) is 10.9. The van der Waals surface area contributed by atoms with Gasteiger partial charge in [0.15, 0.2) is 5.65 Å². The molecule has 1 aliphatic rings. The Balaban J connectivity index is 1.49. The van der Waals surface area contributed by atoms with E-state index in [4.69, 9.17) is 0 Å². The van der Waals surface area contributed by atoms with Gasteiger partial charge in [-0.3, -0.25) is 4.79 Å². The summed E-state index contributed by atoms with van der Waals surface area (Å²) >= 11 is 1.26. The van der Waals surface area contributed by atoms with Crippen LogP contribution < -0.4 is 4.72 Å². The first kappa shape index (κ1) is 22.9. The number of piperidine rings is 1. The van der Waals surface area contributed by atoms with Crippen molar-refractivity contribution in [2.24, 2.45) is 5.92 Å². The Morgan fingerprint density at radius 2 is 2.06 bits per heavy atom. The maximum absolute atomic E-state index is 12.5. The lowest BCUT2D eigenvalue weighted by Crippen LogP contribution is -2.38. The monoisotopic (exact) mass is 476 g/mol. The molecule has 1 saturated heterocycles. The number of thioether (sulfide) groups is 1. The number of hydrogen-bond acceptors (Lipinski definition) is 7. The predicted octanol–water partition coefficient (Wildman–Crippen LogP) is 2.94. The third-order valence-electron chi connectivity index (χ3n) is 5.76. The number of unbranched alkanes of at least 4 members (excludes halogenated alkanes) is 1. The van der Waals surface area contributed by atoms with Gasteiger partial charge in [0.05, 0.1) is 10.6 Å². The van der Waals surface area contributed by atoms with Crippen LogP contribution in [0.1, 0.15) is 39.5 Å². The van der Waals surface area contributed by atoms with E-state index in [0.717, 1.165) is 44.3 Å². The number of aromatic nitrogens is 4. The van der Waals surface area contributed by atoms with Crippen LogP contribution in [0.25, 0.3) is 22.1 Å². The smallest absolute Gasteiger partial charge is 0.240 e. The molecule has 11 heteroatoms. The number of H-pyrrole nitrogens is 1. The molecule has 1 amide bonds. The van der Waals surface area contributed by atoms with Gasteiger partial charge in [0.25, 0.3) is 0 Å². The fourth-order valence-corrected chi connectivity index (χ4v) is 5.50. The summed E-state index contributed by atoms with van der Waals surface area (Å²) < 4.78 is 27.7. The molecule has 0 spiro atoms. The van der Waals surface area contributed by atoms with Gasteiger partial charge < -0.3 is 9.88 Å². The topological polar surface area (TPSA) is 121 Å². The summed E-state index contributed by atoms with van der Waals surface area (Å²) in [6.45, 7) is 6.24. The number of carbonyl (C=O) groups excluding carboxylic acids is 1. The Kier molecular flexibility index (Phi) is 6.96. The van der Waals surface area contributed by atoms with E-state index in [1.165, 1.54) is 11.8 Å². The lowest BCUT2D eigenvalue weighted by atomic mass is 9.99. The Labute approximate surface area is 191 Å². The van der Waals surface area contributed by atoms with Crippen LogP contribution in [0.5, 0.6) is 0 Å². The Morgan fingerprint density at radius 3 is 2.81 bits per heavy atom. The molecule has 0 saturated carbocycles. The normalized spacial score (nSPS) is 15.6. The second-order valence-corrected chi connectivity index (χ2v) is 10.9. The molecule has 2 N–H and O–H groups in total. The molecule has 0 atom stereocenters. The summed E-state index contributed by atoms with van der Waals surface area (Å²) in [7, 11) is -3.59. The minimum atomic E-state index is -3.59. The molecule has 4 rings (SSSR count). The highest BCUT2D eigenvalue weighted by molar-refractivity contribution is 7.99. The van der Waals surface area contributed by atoms with Crippen LogP contribution in [0.3, 0.4) is 0 Å². The zero-order valence-electron chi connectivity index (χ0n) is 18.3. The Bertz CT molecular complexity index is 1220. The van der Waals surface area contributed by atoms with Crippen molar-refractivity contribution in [3.8, 4) is 0 Å².